The fourth-order valence-corrected chi connectivity index (χ4v) is 2.08. The van der Waals surface area contributed by atoms with Crippen molar-refractivity contribution >= 4 is 11.8 Å². The molecule has 0 bridgehead atoms. The Bertz CT molecular complexity index is 545. The Labute approximate surface area is 110 Å². The average molecular weight is 260 g/mol. The van der Waals surface area contributed by atoms with Crippen LogP contribution in [0.15, 0.2) is 18.2 Å². The maximum atomic E-state index is 13.2. The molecule has 0 radical (unpaired) electrons. The Morgan fingerprint density at radius 1 is 1.21 bits per heavy atom. The number of hydrogen-bond acceptors (Lipinski definition) is 3. The number of nitriles is 1. The van der Waals surface area contributed by atoms with E-state index >= 15 is 0 Å². The number of carbonyl (C=O) groups is 2. The highest BCUT2D eigenvalue weighted by Gasteiger charge is 2.24. The highest BCUT2D eigenvalue weighted by molar-refractivity contribution is 5.95. The number of carbonyl (C=O) groups excluding carboxylic acids is 2. The van der Waals surface area contributed by atoms with E-state index in [0.717, 1.165) is 0 Å². The molecule has 2 rings (SSSR count). The van der Waals surface area contributed by atoms with Crippen LogP contribution >= 0.6 is 0 Å². The fourth-order valence-electron chi connectivity index (χ4n) is 2.08. The molecule has 0 unspecified atom stereocenters. The van der Waals surface area contributed by atoms with Gasteiger partial charge < -0.3 is 0 Å². The van der Waals surface area contributed by atoms with Gasteiger partial charge in [0.15, 0.2) is 0 Å². The van der Waals surface area contributed by atoms with Crippen molar-refractivity contribution in [3.63, 3.8) is 0 Å². The zero-order chi connectivity index (χ0) is 13.8. The van der Waals surface area contributed by atoms with Crippen molar-refractivity contribution in [2.45, 2.75) is 32.2 Å². The van der Waals surface area contributed by atoms with Gasteiger partial charge in [0.2, 0.25) is 11.8 Å². The van der Waals surface area contributed by atoms with Crippen LogP contribution in [-0.4, -0.2) is 16.7 Å². The minimum Gasteiger partial charge on any atom is -0.278 e. The molecule has 1 heterocycles. The summed E-state index contributed by atoms with van der Waals surface area (Å²) in [7, 11) is 0. The molecule has 98 valence electrons. The van der Waals surface area contributed by atoms with Crippen LogP contribution in [0.5, 0.6) is 0 Å². The Balaban J connectivity index is 2.22. The molecule has 5 heteroatoms. The van der Waals surface area contributed by atoms with Crippen LogP contribution in [0.3, 0.4) is 0 Å². The topological polar surface area (TPSA) is 61.2 Å². The van der Waals surface area contributed by atoms with Crippen LogP contribution in [0, 0.1) is 17.1 Å². The van der Waals surface area contributed by atoms with Gasteiger partial charge >= 0.3 is 0 Å². The number of halogens is 1. The summed E-state index contributed by atoms with van der Waals surface area (Å²) in [6.07, 6.45) is 2.15. The second-order valence-corrected chi connectivity index (χ2v) is 4.51. The molecule has 2 amide bonds. The molecule has 1 saturated heterocycles. The number of amides is 2. The second-order valence-electron chi connectivity index (χ2n) is 4.51. The first-order valence-corrected chi connectivity index (χ1v) is 6.13. The number of nitrogens with zero attached hydrogens (tertiary/aromatic N) is 2. The van der Waals surface area contributed by atoms with Gasteiger partial charge in [-0.2, -0.15) is 5.26 Å². The van der Waals surface area contributed by atoms with Crippen LogP contribution < -0.4 is 0 Å². The summed E-state index contributed by atoms with van der Waals surface area (Å²) in [5.41, 5.74) is 0.508. The van der Waals surface area contributed by atoms with Crippen molar-refractivity contribution in [1.82, 2.24) is 4.90 Å². The van der Waals surface area contributed by atoms with Crippen LogP contribution in [0.4, 0.5) is 4.39 Å². The van der Waals surface area contributed by atoms with Crippen molar-refractivity contribution in [2.24, 2.45) is 0 Å². The normalized spacial score (nSPS) is 16.1. The number of hydrogen-bond donors (Lipinski definition) is 0. The monoisotopic (exact) mass is 260 g/mol. The Morgan fingerprint density at radius 3 is 2.42 bits per heavy atom. The van der Waals surface area contributed by atoms with E-state index in [-0.39, 0.29) is 23.9 Å². The first-order valence-electron chi connectivity index (χ1n) is 6.13. The van der Waals surface area contributed by atoms with Gasteiger partial charge in [-0.25, -0.2) is 4.39 Å². The predicted molar refractivity (Wildman–Crippen MR) is 65.1 cm³/mol. The van der Waals surface area contributed by atoms with Gasteiger partial charge in [0.05, 0.1) is 12.1 Å². The summed E-state index contributed by atoms with van der Waals surface area (Å²) >= 11 is 0. The van der Waals surface area contributed by atoms with E-state index < -0.39 is 5.82 Å². The summed E-state index contributed by atoms with van der Waals surface area (Å²) < 4.78 is 13.2. The van der Waals surface area contributed by atoms with E-state index in [1.54, 1.807) is 6.07 Å². The molecular weight excluding hydrogens is 247 g/mol. The molecule has 0 aromatic heterocycles. The lowest BCUT2D eigenvalue weighted by Crippen LogP contribution is -2.34. The highest BCUT2D eigenvalue weighted by Crippen LogP contribution is 2.17. The largest absolute Gasteiger partial charge is 0.278 e. The van der Waals surface area contributed by atoms with Crippen molar-refractivity contribution in [3.8, 4) is 6.07 Å². The number of benzene rings is 1. The quantitative estimate of drug-likeness (QED) is 0.765. The lowest BCUT2D eigenvalue weighted by atomic mass is 10.1. The molecule has 1 aromatic carbocycles. The zero-order valence-electron chi connectivity index (χ0n) is 10.4. The summed E-state index contributed by atoms with van der Waals surface area (Å²) in [6, 6.07) is 5.79. The first-order chi connectivity index (χ1) is 9.11. The van der Waals surface area contributed by atoms with Crippen LogP contribution in [0.1, 0.15) is 36.8 Å². The van der Waals surface area contributed by atoms with Gasteiger partial charge in [-0.05, 0) is 30.5 Å². The maximum absolute atomic E-state index is 13.2. The minimum atomic E-state index is -0.597. The summed E-state index contributed by atoms with van der Waals surface area (Å²) in [5, 5.41) is 8.76. The Morgan fingerprint density at radius 2 is 1.84 bits per heavy atom. The van der Waals surface area contributed by atoms with Gasteiger partial charge in [0.1, 0.15) is 11.9 Å². The third kappa shape index (κ3) is 2.97. The Hall–Kier alpha value is -2.22. The molecule has 4 nitrogen and oxygen atoms in total. The number of likely N-dealkylation sites (tertiary alicyclic amines) is 1. The van der Waals surface area contributed by atoms with E-state index in [4.69, 9.17) is 5.26 Å². The van der Waals surface area contributed by atoms with E-state index in [0.29, 0.717) is 31.2 Å². The molecular formula is C14H13FN2O2. The molecule has 19 heavy (non-hydrogen) atoms. The average Bonchev–Trinajstić information content (AvgIpc) is 2.56. The third-order valence-electron chi connectivity index (χ3n) is 3.13. The minimum absolute atomic E-state index is 0.0766. The van der Waals surface area contributed by atoms with E-state index in [1.165, 1.54) is 23.1 Å². The van der Waals surface area contributed by atoms with E-state index in [9.17, 15) is 14.0 Å². The molecule has 0 spiro atoms. The van der Waals surface area contributed by atoms with Gasteiger partial charge in [0.25, 0.3) is 0 Å². The van der Waals surface area contributed by atoms with Gasteiger partial charge in [0, 0.05) is 12.8 Å². The third-order valence-corrected chi connectivity index (χ3v) is 3.13. The highest BCUT2D eigenvalue weighted by atomic mass is 19.1. The van der Waals surface area contributed by atoms with Crippen LogP contribution in [0.2, 0.25) is 0 Å². The van der Waals surface area contributed by atoms with Gasteiger partial charge in [-0.1, -0.05) is 6.07 Å². The van der Waals surface area contributed by atoms with Gasteiger partial charge in [-0.3, -0.25) is 14.5 Å². The molecule has 0 saturated carbocycles. The number of imide groups is 1. The molecule has 1 fully saturated rings. The standard InChI is InChI=1S/C14H13FN2O2/c15-12-6-5-10(7-11(12)8-16)9-17-13(18)3-1-2-4-14(17)19/h5-7H,1-4,9H2. The van der Waals surface area contributed by atoms with Crippen molar-refractivity contribution in [2.75, 3.05) is 0 Å². The van der Waals surface area contributed by atoms with Crippen molar-refractivity contribution in [3.05, 3.63) is 35.1 Å². The summed E-state index contributed by atoms with van der Waals surface area (Å²) in [5.74, 6) is -1.00. The maximum Gasteiger partial charge on any atom is 0.229 e. The molecule has 0 atom stereocenters. The molecule has 0 aliphatic carbocycles. The van der Waals surface area contributed by atoms with Crippen LogP contribution in [0.25, 0.3) is 0 Å². The molecule has 1 aliphatic heterocycles. The van der Waals surface area contributed by atoms with E-state index in [1.807, 2.05) is 0 Å². The van der Waals surface area contributed by atoms with Crippen molar-refractivity contribution < 1.29 is 14.0 Å². The fraction of sp³-hybridized carbons (Fsp3) is 0.357. The molecule has 0 N–H and O–H groups in total. The lowest BCUT2D eigenvalue weighted by molar-refractivity contribution is -0.144. The second kappa shape index (κ2) is 5.61. The lowest BCUT2D eigenvalue weighted by Gasteiger charge is -2.18. The number of rotatable bonds is 2. The predicted octanol–water partition coefficient (Wildman–Crippen LogP) is 2.13. The first kappa shape index (κ1) is 13.2. The zero-order valence-corrected chi connectivity index (χ0v) is 10.4. The van der Waals surface area contributed by atoms with Crippen molar-refractivity contribution in [1.29, 1.82) is 5.26 Å². The Kier molecular flexibility index (Phi) is 3.91. The molecule has 1 aliphatic rings. The summed E-state index contributed by atoms with van der Waals surface area (Å²) in [4.78, 5) is 24.8. The van der Waals surface area contributed by atoms with Gasteiger partial charge in [-0.15, -0.1) is 0 Å². The van der Waals surface area contributed by atoms with Crippen LogP contribution in [-0.2, 0) is 16.1 Å². The van der Waals surface area contributed by atoms with E-state index in [2.05, 4.69) is 0 Å². The summed E-state index contributed by atoms with van der Waals surface area (Å²) in [6.45, 7) is 0.104. The SMILES string of the molecule is N#Cc1cc(CN2C(=O)CCCCC2=O)ccc1F. The smallest absolute Gasteiger partial charge is 0.229 e. The molecule has 1 aromatic rings.